The molecule has 0 bridgehead atoms. The zero-order valence-electron chi connectivity index (χ0n) is 9.09. The molecule has 2 aromatic heterocycles. The lowest BCUT2D eigenvalue weighted by atomic mass is 10.6. The van der Waals surface area contributed by atoms with Crippen LogP contribution in [0.15, 0.2) is 29.6 Å². The summed E-state index contributed by atoms with van der Waals surface area (Å²) in [6, 6.07) is 2.80. The van der Waals surface area contributed by atoms with Crippen LogP contribution in [-0.4, -0.2) is 42.9 Å². The van der Waals surface area contributed by atoms with Crippen molar-refractivity contribution in [2.45, 2.75) is 5.03 Å². The molecule has 0 aliphatic rings. The lowest BCUT2D eigenvalue weighted by Gasteiger charge is -2.03. The number of primary sulfonamides is 1. The standard InChI is InChI=1S/C8H10N4O4S2/c9-18(15,16)6-5-17(13,14)8-2-4-12-7(11-8)1-3-10-12/h1-4H,5-6H2,(H2,9,15,16). The van der Waals surface area contributed by atoms with Gasteiger partial charge in [-0.2, -0.15) is 5.10 Å². The number of nitrogens with zero attached hydrogens (tertiary/aromatic N) is 3. The quantitative estimate of drug-likeness (QED) is 0.704. The maximum Gasteiger partial charge on any atom is 0.210 e. The minimum absolute atomic E-state index is 0.195. The van der Waals surface area contributed by atoms with Gasteiger partial charge in [0.1, 0.15) is 0 Å². The second-order valence-corrected chi connectivity index (χ2v) is 7.38. The van der Waals surface area contributed by atoms with Gasteiger partial charge in [0.2, 0.25) is 10.0 Å². The van der Waals surface area contributed by atoms with Crippen molar-refractivity contribution in [3.05, 3.63) is 24.5 Å². The van der Waals surface area contributed by atoms with Gasteiger partial charge in [-0.05, 0) is 6.07 Å². The highest BCUT2D eigenvalue weighted by atomic mass is 32.2. The van der Waals surface area contributed by atoms with Crippen LogP contribution in [0.3, 0.4) is 0 Å². The summed E-state index contributed by atoms with van der Waals surface area (Å²) < 4.78 is 46.6. The van der Waals surface area contributed by atoms with E-state index in [0.29, 0.717) is 5.65 Å². The van der Waals surface area contributed by atoms with Gasteiger partial charge < -0.3 is 0 Å². The summed E-state index contributed by atoms with van der Waals surface area (Å²) in [4.78, 5) is 3.88. The third-order valence-corrected chi connectivity index (χ3v) is 4.83. The summed E-state index contributed by atoms with van der Waals surface area (Å²) >= 11 is 0. The Kier molecular flexibility index (Phi) is 3.09. The molecule has 0 spiro atoms. The molecule has 0 unspecified atom stereocenters. The van der Waals surface area contributed by atoms with E-state index in [2.05, 4.69) is 10.1 Å². The van der Waals surface area contributed by atoms with E-state index in [0.717, 1.165) is 0 Å². The van der Waals surface area contributed by atoms with Crippen molar-refractivity contribution in [2.24, 2.45) is 5.14 Å². The molecule has 0 amide bonds. The lowest BCUT2D eigenvalue weighted by Crippen LogP contribution is -2.23. The number of sulfonamides is 1. The minimum atomic E-state index is -3.82. The molecule has 0 atom stereocenters. The predicted molar refractivity (Wildman–Crippen MR) is 63.0 cm³/mol. The van der Waals surface area contributed by atoms with E-state index in [1.54, 1.807) is 6.07 Å². The van der Waals surface area contributed by atoms with E-state index < -0.39 is 31.4 Å². The molecule has 0 radical (unpaired) electrons. The lowest BCUT2D eigenvalue weighted by molar-refractivity contribution is 0.586. The van der Waals surface area contributed by atoms with Crippen molar-refractivity contribution in [1.29, 1.82) is 0 Å². The van der Waals surface area contributed by atoms with E-state index in [-0.39, 0.29) is 5.03 Å². The first-order valence-electron chi connectivity index (χ1n) is 4.82. The van der Waals surface area contributed by atoms with Crippen LogP contribution in [0, 0.1) is 0 Å². The average molecular weight is 290 g/mol. The number of rotatable bonds is 4. The average Bonchev–Trinajstić information content (AvgIpc) is 2.72. The first kappa shape index (κ1) is 12.9. The molecule has 0 saturated heterocycles. The molecule has 0 saturated carbocycles. The Hall–Kier alpha value is -1.52. The van der Waals surface area contributed by atoms with Crippen LogP contribution in [0.2, 0.25) is 0 Å². The van der Waals surface area contributed by atoms with Crippen LogP contribution in [0.4, 0.5) is 0 Å². The topological polar surface area (TPSA) is 124 Å². The van der Waals surface area contributed by atoms with Gasteiger partial charge in [0.05, 0.1) is 17.7 Å². The number of aromatic nitrogens is 3. The van der Waals surface area contributed by atoms with Crippen LogP contribution >= 0.6 is 0 Å². The highest BCUT2D eigenvalue weighted by Gasteiger charge is 2.19. The second kappa shape index (κ2) is 4.30. The second-order valence-electron chi connectivity index (χ2n) is 3.59. The summed E-state index contributed by atoms with van der Waals surface area (Å²) in [7, 11) is -7.60. The van der Waals surface area contributed by atoms with Crippen molar-refractivity contribution < 1.29 is 16.8 Å². The molecule has 0 aliphatic carbocycles. The fourth-order valence-electron chi connectivity index (χ4n) is 1.30. The highest BCUT2D eigenvalue weighted by molar-refractivity contribution is 7.94. The van der Waals surface area contributed by atoms with Crippen molar-refractivity contribution in [3.63, 3.8) is 0 Å². The SMILES string of the molecule is NS(=O)(=O)CCS(=O)(=O)c1ccn2nccc2n1. The molecule has 2 rings (SSSR count). The van der Waals surface area contributed by atoms with Crippen molar-refractivity contribution >= 4 is 25.5 Å². The normalized spacial score (nSPS) is 12.9. The Morgan fingerprint density at radius 1 is 1.17 bits per heavy atom. The van der Waals surface area contributed by atoms with Crippen LogP contribution in [0.1, 0.15) is 0 Å². The van der Waals surface area contributed by atoms with Gasteiger partial charge in [-0.3, -0.25) is 0 Å². The van der Waals surface area contributed by atoms with Gasteiger partial charge >= 0.3 is 0 Å². The zero-order chi connectivity index (χ0) is 13.4. The Balaban J connectivity index is 2.34. The van der Waals surface area contributed by atoms with Gasteiger partial charge in [-0.25, -0.2) is 31.5 Å². The summed E-state index contributed by atoms with van der Waals surface area (Å²) in [5.74, 6) is -1.23. The van der Waals surface area contributed by atoms with E-state index in [9.17, 15) is 16.8 Å². The van der Waals surface area contributed by atoms with Crippen LogP contribution < -0.4 is 5.14 Å². The largest absolute Gasteiger partial charge is 0.229 e. The predicted octanol–water partition coefficient (Wildman–Crippen LogP) is -1.21. The van der Waals surface area contributed by atoms with E-state index in [4.69, 9.17) is 5.14 Å². The minimum Gasteiger partial charge on any atom is -0.229 e. The number of hydrogen-bond donors (Lipinski definition) is 1. The van der Waals surface area contributed by atoms with Crippen LogP contribution in [-0.2, 0) is 19.9 Å². The van der Waals surface area contributed by atoms with Gasteiger partial charge in [0.15, 0.2) is 20.5 Å². The first-order chi connectivity index (χ1) is 8.28. The van der Waals surface area contributed by atoms with Crippen molar-refractivity contribution in [1.82, 2.24) is 14.6 Å². The van der Waals surface area contributed by atoms with Gasteiger partial charge in [0.25, 0.3) is 0 Å². The van der Waals surface area contributed by atoms with Gasteiger partial charge in [-0.15, -0.1) is 0 Å². The molecule has 10 heteroatoms. The van der Waals surface area contributed by atoms with E-state index >= 15 is 0 Å². The zero-order valence-corrected chi connectivity index (χ0v) is 10.7. The Morgan fingerprint density at radius 2 is 1.89 bits per heavy atom. The van der Waals surface area contributed by atoms with E-state index in [1.807, 2.05) is 0 Å². The van der Waals surface area contributed by atoms with Crippen molar-refractivity contribution in [2.75, 3.05) is 11.5 Å². The molecule has 18 heavy (non-hydrogen) atoms. The third-order valence-electron chi connectivity index (χ3n) is 2.19. The third kappa shape index (κ3) is 2.83. The number of sulfone groups is 1. The maximum atomic E-state index is 11.8. The molecule has 0 fully saturated rings. The van der Waals surface area contributed by atoms with Gasteiger partial charge in [-0.1, -0.05) is 0 Å². The number of fused-ring (bicyclic) bond motifs is 1. The fraction of sp³-hybridized carbons (Fsp3) is 0.250. The van der Waals surface area contributed by atoms with E-state index in [1.165, 1.54) is 23.0 Å². The summed E-state index contributed by atoms with van der Waals surface area (Å²) in [5, 5.41) is 8.44. The Morgan fingerprint density at radius 3 is 2.56 bits per heavy atom. The van der Waals surface area contributed by atoms with Gasteiger partial charge in [0, 0.05) is 12.3 Å². The van der Waals surface area contributed by atoms with Crippen molar-refractivity contribution in [3.8, 4) is 0 Å². The molecular weight excluding hydrogens is 280 g/mol. The maximum absolute atomic E-state index is 11.8. The molecule has 0 aliphatic heterocycles. The smallest absolute Gasteiger partial charge is 0.210 e. The Bertz CT molecular complexity index is 778. The fourth-order valence-corrected chi connectivity index (χ4v) is 3.82. The molecule has 2 N–H and O–H groups in total. The molecular formula is C8H10N4O4S2. The molecule has 0 aromatic carbocycles. The summed E-state index contributed by atoms with van der Waals surface area (Å²) in [6.45, 7) is 0. The number of nitrogens with two attached hydrogens (primary N) is 1. The Labute approximate surface area is 103 Å². The molecule has 2 aromatic rings. The molecule has 2 heterocycles. The van der Waals surface area contributed by atoms with Crippen LogP contribution in [0.5, 0.6) is 0 Å². The number of hydrogen-bond acceptors (Lipinski definition) is 6. The molecule has 8 nitrogen and oxygen atoms in total. The molecule has 98 valence electrons. The monoisotopic (exact) mass is 290 g/mol. The summed E-state index contributed by atoms with van der Waals surface area (Å²) in [5.41, 5.74) is 0.367. The summed E-state index contributed by atoms with van der Waals surface area (Å²) in [6.07, 6.45) is 2.91. The van der Waals surface area contributed by atoms with Crippen LogP contribution in [0.25, 0.3) is 5.65 Å². The highest BCUT2D eigenvalue weighted by Crippen LogP contribution is 2.09. The first-order valence-corrected chi connectivity index (χ1v) is 8.18.